The molecule has 0 radical (unpaired) electrons. The first-order chi connectivity index (χ1) is 17.8. The van der Waals surface area contributed by atoms with E-state index in [4.69, 9.17) is 11.6 Å². The Kier molecular flexibility index (Phi) is 9.47. The highest BCUT2D eigenvalue weighted by atomic mass is 35.5. The molecule has 1 aliphatic heterocycles. The topological polar surface area (TPSA) is 64.7 Å². The van der Waals surface area contributed by atoms with Gasteiger partial charge in [0, 0.05) is 49.4 Å². The average Bonchev–Trinajstić information content (AvgIpc) is 2.84. The maximum atomic E-state index is 14.7. The third kappa shape index (κ3) is 7.50. The smallest absolute Gasteiger partial charge is 0.367 e. The number of anilines is 2. The quantitative estimate of drug-likeness (QED) is 0.429. The van der Waals surface area contributed by atoms with Crippen LogP contribution in [0.1, 0.15) is 29.3 Å². The van der Waals surface area contributed by atoms with Crippen molar-refractivity contribution in [3.05, 3.63) is 58.1 Å². The minimum atomic E-state index is -4.27. The molecule has 1 aliphatic rings. The third-order valence-electron chi connectivity index (χ3n) is 6.05. The summed E-state index contributed by atoms with van der Waals surface area (Å²) in [7, 11) is 0. The van der Waals surface area contributed by atoms with Crippen LogP contribution in [0.15, 0.2) is 30.3 Å². The van der Waals surface area contributed by atoms with Crippen molar-refractivity contribution in [1.82, 2.24) is 10.2 Å². The number of nitrogens with zero attached hydrogens (tertiary/aromatic N) is 2. The first-order valence-electron chi connectivity index (χ1n) is 11.5. The van der Waals surface area contributed by atoms with Crippen LogP contribution in [-0.2, 0) is 11.3 Å². The van der Waals surface area contributed by atoms with Crippen LogP contribution in [-0.4, -0.2) is 61.5 Å². The van der Waals surface area contributed by atoms with E-state index in [9.17, 15) is 40.3 Å². The van der Waals surface area contributed by atoms with Crippen LogP contribution in [0, 0.1) is 11.6 Å². The zero-order valence-corrected chi connectivity index (χ0v) is 20.8. The number of piperazine rings is 1. The van der Waals surface area contributed by atoms with E-state index in [-0.39, 0.29) is 18.3 Å². The fourth-order valence-corrected chi connectivity index (χ4v) is 4.21. The van der Waals surface area contributed by atoms with Gasteiger partial charge in [-0.3, -0.25) is 14.5 Å². The van der Waals surface area contributed by atoms with Crippen LogP contribution in [0.4, 0.5) is 42.1 Å². The fourth-order valence-electron chi connectivity index (χ4n) is 4.04. The molecule has 2 aromatic carbocycles. The van der Waals surface area contributed by atoms with Gasteiger partial charge in [-0.05, 0) is 31.2 Å². The monoisotopic (exact) mass is 568 g/mol. The zero-order chi connectivity index (χ0) is 28.2. The lowest BCUT2D eigenvalue weighted by molar-refractivity contribution is -0.139. The van der Waals surface area contributed by atoms with E-state index in [1.807, 2.05) is 4.90 Å². The Hall–Kier alpha value is -3.06. The van der Waals surface area contributed by atoms with Crippen LogP contribution >= 0.6 is 11.6 Å². The first kappa shape index (κ1) is 29.5. The Bertz CT molecular complexity index is 1180. The molecule has 1 atom stereocenters. The van der Waals surface area contributed by atoms with Crippen molar-refractivity contribution in [3.63, 3.8) is 0 Å². The lowest BCUT2D eigenvalue weighted by Gasteiger charge is -2.41. The molecule has 2 aromatic rings. The van der Waals surface area contributed by atoms with E-state index < -0.39 is 60.1 Å². The summed E-state index contributed by atoms with van der Waals surface area (Å²) in [4.78, 5) is 27.3. The third-order valence-corrected chi connectivity index (χ3v) is 6.29. The van der Waals surface area contributed by atoms with Gasteiger partial charge in [-0.15, -0.1) is 0 Å². The van der Waals surface area contributed by atoms with Gasteiger partial charge in [0.25, 0.3) is 11.8 Å². The molecule has 14 heteroatoms. The van der Waals surface area contributed by atoms with Gasteiger partial charge in [-0.2, -0.15) is 22.0 Å². The number of amides is 2. The lowest BCUT2D eigenvalue weighted by atomic mass is 10.1. The van der Waals surface area contributed by atoms with Gasteiger partial charge >= 0.3 is 12.6 Å². The number of carbonyl (C=O) groups excluding carboxylic acids is 2. The molecule has 0 spiro atoms. The second-order valence-electron chi connectivity index (χ2n) is 8.73. The van der Waals surface area contributed by atoms with E-state index in [2.05, 4.69) is 5.32 Å². The van der Waals surface area contributed by atoms with Gasteiger partial charge in [-0.1, -0.05) is 17.7 Å². The molecule has 2 N–H and O–H groups in total. The molecule has 38 heavy (non-hydrogen) atoms. The largest absolute Gasteiger partial charge is 0.390 e. The summed E-state index contributed by atoms with van der Waals surface area (Å²) in [6, 6.07) is 6.16. The van der Waals surface area contributed by atoms with Crippen molar-refractivity contribution >= 4 is 34.8 Å². The summed E-state index contributed by atoms with van der Waals surface area (Å²) >= 11 is 6.13. The summed E-state index contributed by atoms with van der Waals surface area (Å²) < 4.78 is 91.6. The van der Waals surface area contributed by atoms with E-state index in [1.165, 1.54) is 12.1 Å². The summed E-state index contributed by atoms with van der Waals surface area (Å²) in [5.74, 6) is -5.68. The second-order valence-corrected chi connectivity index (χ2v) is 9.17. The number of nitrogens with one attached hydrogen (secondary N) is 2. The highest BCUT2D eigenvalue weighted by molar-refractivity contribution is 6.31. The maximum Gasteiger partial charge on any atom is 0.390 e. The molecule has 0 aromatic heterocycles. The molecular formula is C24H24ClF7N4O2. The predicted octanol–water partition coefficient (Wildman–Crippen LogP) is 5.21. The standard InChI is InChI=1S/C24H24ClF7N4O2/c1-13-12-36(9-8-35(13)7-6-24(30,31)32)18-10-15(25)3-5-17(18)34-22(37)16-4-2-14(19(26)20(16)27)11-33-23(38)21(28)29/h2-5,10,13,21H,6-9,11-12H2,1H3,(H,33,38)(H,34,37)/t13-/m1/s1. The highest BCUT2D eigenvalue weighted by Crippen LogP contribution is 2.32. The van der Waals surface area contributed by atoms with Crippen LogP contribution < -0.4 is 15.5 Å². The fraction of sp³-hybridized carbons (Fsp3) is 0.417. The van der Waals surface area contributed by atoms with Gasteiger partial charge in [0.1, 0.15) is 0 Å². The van der Waals surface area contributed by atoms with Crippen LogP contribution in [0.25, 0.3) is 0 Å². The normalized spacial score (nSPS) is 16.6. The van der Waals surface area contributed by atoms with Crippen LogP contribution in [0.3, 0.4) is 0 Å². The number of carbonyl (C=O) groups is 2. The van der Waals surface area contributed by atoms with Crippen molar-refractivity contribution in [2.75, 3.05) is 36.4 Å². The molecular weight excluding hydrogens is 545 g/mol. The molecule has 208 valence electrons. The SMILES string of the molecule is C[C@@H]1CN(c2cc(Cl)ccc2NC(=O)c2ccc(CNC(=O)C(F)F)c(F)c2F)CCN1CCC(F)(F)F. The number of rotatable bonds is 8. The van der Waals surface area contributed by atoms with Crippen LogP contribution in [0.5, 0.6) is 0 Å². The average molecular weight is 569 g/mol. The van der Waals surface area contributed by atoms with Gasteiger partial charge < -0.3 is 15.5 Å². The van der Waals surface area contributed by atoms with Gasteiger partial charge in [-0.25, -0.2) is 8.78 Å². The van der Waals surface area contributed by atoms with Gasteiger partial charge in [0.05, 0.1) is 23.4 Å². The minimum absolute atomic E-state index is 0.149. The first-order valence-corrected chi connectivity index (χ1v) is 11.8. The van der Waals surface area contributed by atoms with E-state index in [1.54, 1.807) is 23.2 Å². The molecule has 1 heterocycles. The van der Waals surface area contributed by atoms with Gasteiger partial charge in [0.15, 0.2) is 11.6 Å². The van der Waals surface area contributed by atoms with Crippen molar-refractivity contribution in [1.29, 1.82) is 0 Å². The molecule has 0 bridgehead atoms. The Balaban J connectivity index is 1.74. The molecule has 2 amide bonds. The molecule has 0 unspecified atom stereocenters. The van der Waals surface area contributed by atoms with Crippen LogP contribution in [0.2, 0.25) is 5.02 Å². The Morgan fingerprint density at radius 1 is 1.11 bits per heavy atom. The minimum Gasteiger partial charge on any atom is -0.367 e. The molecule has 0 saturated carbocycles. The summed E-state index contributed by atoms with van der Waals surface area (Å²) in [5.41, 5.74) is -0.445. The van der Waals surface area contributed by atoms with Gasteiger partial charge in [0.2, 0.25) is 0 Å². The summed E-state index contributed by atoms with van der Waals surface area (Å²) in [5, 5.41) is 4.57. The lowest BCUT2D eigenvalue weighted by Crippen LogP contribution is -2.52. The molecule has 1 fully saturated rings. The summed E-state index contributed by atoms with van der Waals surface area (Å²) in [6.07, 6.45) is -8.53. The van der Waals surface area contributed by atoms with E-state index >= 15 is 0 Å². The van der Waals surface area contributed by atoms with Crippen molar-refractivity contribution in [3.8, 4) is 0 Å². The zero-order valence-electron chi connectivity index (χ0n) is 20.0. The molecule has 6 nitrogen and oxygen atoms in total. The number of halogens is 8. The number of hydrogen-bond acceptors (Lipinski definition) is 4. The van der Waals surface area contributed by atoms with Crippen molar-refractivity contribution < 1.29 is 40.3 Å². The Morgan fingerprint density at radius 3 is 2.45 bits per heavy atom. The number of hydrogen-bond donors (Lipinski definition) is 2. The van der Waals surface area contributed by atoms with Crippen molar-refractivity contribution in [2.24, 2.45) is 0 Å². The summed E-state index contributed by atoms with van der Waals surface area (Å²) in [6.45, 7) is 1.89. The Morgan fingerprint density at radius 2 is 1.82 bits per heavy atom. The highest BCUT2D eigenvalue weighted by Gasteiger charge is 2.32. The van der Waals surface area contributed by atoms with E-state index in [0.717, 1.165) is 12.1 Å². The maximum absolute atomic E-state index is 14.7. The van der Waals surface area contributed by atoms with Crippen molar-refractivity contribution in [2.45, 2.75) is 38.5 Å². The number of alkyl halides is 5. The van der Waals surface area contributed by atoms with E-state index in [0.29, 0.717) is 30.3 Å². The predicted molar refractivity (Wildman–Crippen MR) is 128 cm³/mol. The number of benzene rings is 2. The molecule has 1 saturated heterocycles. The second kappa shape index (κ2) is 12.2. The Labute approximate surface area is 218 Å². The molecule has 0 aliphatic carbocycles. The molecule has 3 rings (SSSR count).